The standard InChI is InChI=1S/C18H27N3O2S2/c1-12-6-5-7-17(13(12)2)19-18(24)21-20-14(3)15-8-10-16(11-9-15)25(4,22)23/h8-13,17H,5-7H2,1-4H3,(H2,19,21,24)/b20-14-/t12-,13+,17+/m0/s1. The minimum Gasteiger partial charge on any atom is -0.358 e. The monoisotopic (exact) mass is 381 g/mol. The zero-order valence-corrected chi connectivity index (χ0v) is 16.9. The average Bonchev–Trinajstić information content (AvgIpc) is 2.56. The van der Waals surface area contributed by atoms with Gasteiger partial charge >= 0.3 is 0 Å². The number of nitrogens with zero attached hydrogens (tertiary/aromatic N) is 1. The van der Waals surface area contributed by atoms with Gasteiger partial charge in [-0.2, -0.15) is 5.10 Å². The Hall–Kier alpha value is -1.47. The highest BCUT2D eigenvalue weighted by molar-refractivity contribution is 7.90. The van der Waals surface area contributed by atoms with Crippen molar-refractivity contribution in [2.45, 2.75) is 51.0 Å². The molecule has 1 saturated carbocycles. The van der Waals surface area contributed by atoms with Crippen LogP contribution in [-0.4, -0.2) is 31.5 Å². The van der Waals surface area contributed by atoms with Gasteiger partial charge in [0.1, 0.15) is 0 Å². The van der Waals surface area contributed by atoms with Gasteiger partial charge in [-0.15, -0.1) is 0 Å². The molecule has 1 aromatic rings. The molecule has 0 amide bonds. The normalized spacial score (nSPS) is 24.6. The molecular weight excluding hydrogens is 354 g/mol. The Morgan fingerprint density at radius 3 is 2.44 bits per heavy atom. The molecule has 0 radical (unpaired) electrons. The number of benzene rings is 1. The van der Waals surface area contributed by atoms with Crippen LogP contribution in [0.5, 0.6) is 0 Å². The summed E-state index contributed by atoms with van der Waals surface area (Å²) in [6, 6.07) is 7.06. The van der Waals surface area contributed by atoms with E-state index >= 15 is 0 Å². The van der Waals surface area contributed by atoms with Gasteiger partial charge in [0.25, 0.3) is 0 Å². The summed E-state index contributed by atoms with van der Waals surface area (Å²) in [6.07, 6.45) is 4.83. The third-order valence-electron chi connectivity index (χ3n) is 5.05. The second-order valence-corrected chi connectivity index (χ2v) is 9.38. The summed E-state index contributed by atoms with van der Waals surface area (Å²) >= 11 is 5.36. The van der Waals surface area contributed by atoms with Gasteiger partial charge in [0.2, 0.25) is 0 Å². The predicted molar refractivity (Wildman–Crippen MR) is 107 cm³/mol. The molecular formula is C18H27N3O2S2. The number of sulfone groups is 1. The van der Waals surface area contributed by atoms with Crippen molar-refractivity contribution in [2.75, 3.05) is 6.26 Å². The van der Waals surface area contributed by atoms with E-state index in [2.05, 4.69) is 29.7 Å². The summed E-state index contributed by atoms with van der Waals surface area (Å²) in [5, 5.41) is 8.20. The van der Waals surface area contributed by atoms with Gasteiger partial charge in [-0.1, -0.05) is 38.8 Å². The summed E-state index contributed by atoms with van der Waals surface area (Å²) in [7, 11) is -3.18. The van der Waals surface area contributed by atoms with Gasteiger partial charge in [-0.3, -0.25) is 5.43 Å². The van der Waals surface area contributed by atoms with E-state index in [-0.39, 0.29) is 0 Å². The van der Waals surface area contributed by atoms with Crippen molar-refractivity contribution in [3.05, 3.63) is 29.8 Å². The molecule has 1 aliphatic rings. The number of rotatable bonds is 4. The van der Waals surface area contributed by atoms with Crippen LogP contribution in [0.4, 0.5) is 0 Å². The van der Waals surface area contributed by atoms with Crippen molar-refractivity contribution < 1.29 is 8.42 Å². The average molecular weight is 382 g/mol. The van der Waals surface area contributed by atoms with Gasteiger partial charge in [0.15, 0.2) is 14.9 Å². The molecule has 138 valence electrons. The molecule has 0 unspecified atom stereocenters. The molecule has 0 aromatic heterocycles. The highest BCUT2D eigenvalue weighted by Gasteiger charge is 2.27. The molecule has 25 heavy (non-hydrogen) atoms. The van der Waals surface area contributed by atoms with Gasteiger partial charge < -0.3 is 5.32 Å². The van der Waals surface area contributed by atoms with Crippen molar-refractivity contribution in [2.24, 2.45) is 16.9 Å². The summed E-state index contributed by atoms with van der Waals surface area (Å²) in [5.74, 6) is 1.29. The molecule has 0 saturated heterocycles. The first kappa shape index (κ1) is 19.8. The number of nitrogens with one attached hydrogen (secondary N) is 2. The molecule has 3 atom stereocenters. The van der Waals surface area contributed by atoms with Crippen LogP contribution in [-0.2, 0) is 9.84 Å². The Bertz CT molecular complexity index is 742. The maximum Gasteiger partial charge on any atom is 0.187 e. The first-order chi connectivity index (χ1) is 11.7. The molecule has 1 aliphatic carbocycles. The van der Waals surface area contributed by atoms with Crippen molar-refractivity contribution in [1.82, 2.24) is 10.7 Å². The van der Waals surface area contributed by atoms with Crippen LogP contribution < -0.4 is 10.7 Å². The van der Waals surface area contributed by atoms with Crippen molar-refractivity contribution in [3.8, 4) is 0 Å². The zero-order chi connectivity index (χ0) is 18.6. The molecule has 7 heteroatoms. The van der Waals surface area contributed by atoms with Gasteiger partial charge in [-0.05, 0) is 55.1 Å². The van der Waals surface area contributed by atoms with Crippen LogP contribution >= 0.6 is 12.2 Å². The highest BCUT2D eigenvalue weighted by Crippen LogP contribution is 2.29. The minimum absolute atomic E-state index is 0.301. The van der Waals surface area contributed by atoms with Crippen LogP contribution in [0.15, 0.2) is 34.3 Å². The van der Waals surface area contributed by atoms with Crippen LogP contribution in [0.2, 0.25) is 0 Å². The predicted octanol–water partition coefficient (Wildman–Crippen LogP) is 3.10. The largest absolute Gasteiger partial charge is 0.358 e. The fourth-order valence-electron chi connectivity index (χ4n) is 3.13. The third kappa shape index (κ3) is 5.51. The second kappa shape index (κ2) is 8.27. The van der Waals surface area contributed by atoms with Crippen molar-refractivity contribution in [1.29, 1.82) is 0 Å². The molecule has 1 fully saturated rings. The summed E-state index contributed by atoms with van der Waals surface area (Å²) in [6.45, 7) is 6.41. The summed E-state index contributed by atoms with van der Waals surface area (Å²) < 4.78 is 23.0. The number of hydrogen-bond donors (Lipinski definition) is 2. The number of thiocarbonyl (C=S) groups is 1. The molecule has 0 aliphatic heterocycles. The lowest BCUT2D eigenvalue weighted by atomic mass is 9.78. The first-order valence-corrected chi connectivity index (χ1v) is 10.9. The smallest absolute Gasteiger partial charge is 0.187 e. The van der Waals surface area contributed by atoms with E-state index in [9.17, 15) is 8.42 Å². The van der Waals surface area contributed by atoms with Crippen molar-refractivity contribution in [3.63, 3.8) is 0 Å². The Kier molecular flexibility index (Phi) is 6.57. The van der Waals surface area contributed by atoms with E-state index in [0.717, 1.165) is 17.7 Å². The quantitative estimate of drug-likeness (QED) is 0.476. The lowest BCUT2D eigenvalue weighted by Gasteiger charge is -2.35. The van der Waals surface area contributed by atoms with Crippen LogP contribution in [0.25, 0.3) is 0 Å². The van der Waals surface area contributed by atoms with E-state index in [4.69, 9.17) is 12.2 Å². The van der Waals surface area contributed by atoms with E-state index in [1.54, 1.807) is 24.3 Å². The van der Waals surface area contributed by atoms with Crippen LogP contribution in [0, 0.1) is 11.8 Å². The van der Waals surface area contributed by atoms with Gasteiger partial charge in [0.05, 0.1) is 10.6 Å². The molecule has 2 rings (SSSR count). The highest BCUT2D eigenvalue weighted by atomic mass is 32.2. The zero-order valence-electron chi connectivity index (χ0n) is 15.2. The molecule has 0 heterocycles. The van der Waals surface area contributed by atoms with Crippen LogP contribution in [0.3, 0.4) is 0 Å². The number of hydrazone groups is 1. The van der Waals surface area contributed by atoms with Gasteiger partial charge in [-0.25, -0.2) is 8.42 Å². The van der Waals surface area contributed by atoms with E-state index < -0.39 is 9.84 Å². The summed E-state index contributed by atoms with van der Waals surface area (Å²) in [4.78, 5) is 0.301. The lowest BCUT2D eigenvalue weighted by molar-refractivity contribution is 0.224. The number of hydrogen-bond acceptors (Lipinski definition) is 4. The summed E-state index contributed by atoms with van der Waals surface area (Å²) in [5.41, 5.74) is 4.49. The van der Waals surface area contributed by atoms with Crippen LogP contribution in [0.1, 0.15) is 45.6 Å². The maximum absolute atomic E-state index is 11.5. The first-order valence-electron chi connectivity index (χ1n) is 8.59. The Morgan fingerprint density at radius 2 is 1.84 bits per heavy atom. The van der Waals surface area contributed by atoms with E-state index in [1.165, 1.54) is 19.1 Å². The second-order valence-electron chi connectivity index (χ2n) is 6.95. The molecule has 0 bridgehead atoms. The topological polar surface area (TPSA) is 70.6 Å². The lowest BCUT2D eigenvalue weighted by Crippen LogP contribution is -2.46. The van der Waals surface area contributed by atoms with E-state index in [1.807, 2.05) is 6.92 Å². The molecule has 1 aromatic carbocycles. The Morgan fingerprint density at radius 1 is 1.20 bits per heavy atom. The van der Waals surface area contributed by atoms with Gasteiger partial charge in [0, 0.05) is 12.3 Å². The maximum atomic E-state index is 11.5. The van der Waals surface area contributed by atoms with E-state index in [0.29, 0.717) is 27.9 Å². The fraction of sp³-hybridized carbons (Fsp3) is 0.556. The Balaban J connectivity index is 1.95. The molecule has 0 spiro atoms. The van der Waals surface area contributed by atoms with Crippen molar-refractivity contribution >= 4 is 32.9 Å². The SMILES string of the molecule is C/C(=N/NC(=S)N[C@@H]1CCC[C@H](C)[C@H]1C)c1ccc(S(C)(=O)=O)cc1. The molecule has 2 N–H and O–H groups in total. The minimum atomic E-state index is -3.18. The fourth-order valence-corrected chi connectivity index (χ4v) is 3.96. The molecule has 5 nitrogen and oxygen atoms in total. The third-order valence-corrected chi connectivity index (χ3v) is 6.39. The Labute approximate surface area is 156 Å².